The Labute approximate surface area is 379 Å². The Hall–Kier alpha value is -7.78. The van der Waals surface area contributed by atoms with E-state index in [4.69, 9.17) is 0 Å². The van der Waals surface area contributed by atoms with E-state index in [0.29, 0.717) is 0 Å². The Morgan fingerprint density at radius 3 is 1.35 bits per heavy atom. The zero-order chi connectivity index (χ0) is 42.7. The molecule has 2 heteroatoms. The maximum atomic E-state index is 2.54. The van der Waals surface area contributed by atoms with E-state index in [9.17, 15) is 0 Å². The molecule has 1 aliphatic rings. The molecule has 302 valence electrons. The smallest absolute Gasteiger partial charge is 0.0541 e. The minimum Gasteiger partial charge on any atom is -0.309 e. The van der Waals surface area contributed by atoms with Crippen molar-refractivity contribution >= 4 is 118 Å². The van der Waals surface area contributed by atoms with Crippen LogP contribution in [0.15, 0.2) is 200 Å². The molecule has 0 saturated carbocycles. The maximum absolute atomic E-state index is 2.54. The summed E-state index contributed by atoms with van der Waals surface area (Å²) in [7, 11) is 0. The van der Waals surface area contributed by atoms with Gasteiger partial charge in [0.05, 0.1) is 11.0 Å². The van der Waals surface area contributed by atoms with Gasteiger partial charge in [-0.25, -0.2) is 0 Å². The number of nitrogens with zero attached hydrogens (tertiary/aromatic N) is 1. The molecule has 65 heavy (non-hydrogen) atoms. The van der Waals surface area contributed by atoms with E-state index in [-0.39, 0.29) is 5.41 Å². The molecule has 0 amide bonds. The topological polar surface area (TPSA) is 4.93 Å². The van der Waals surface area contributed by atoms with Gasteiger partial charge in [0, 0.05) is 42.0 Å². The van der Waals surface area contributed by atoms with Gasteiger partial charge in [0.25, 0.3) is 0 Å². The third kappa shape index (κ3) is 4.77. The van der Waals surface area contributed by atoms with Crippen molar-refractivity contribution in [2.75, 3.05) is 0 Å². The van der Waals surface area contributed by atoms with Crippen molar-refractivity contribution in [1.29, 1.82) is 0 Å². The second-order valence-corrected chi connectivity index (χ2v) is 19.9. The number of hydrogen-bond donors (Lipinski definition) is 0. The zero-order valence-corrected chi connectivity index (χ0v) is 36.7. The first kappa shape index (κ1) is 35.7. The molecule has 15 rings (SSSR count). The van der Waals surface area contributed by atoms with E-state index in [0.717, 1.165) is 0 Å². The van der Waals surface area contributed by atoms with Gasteiger partial charge in [-0.1, -0.05) is 141 Å². The molecule has 1 aliphatic carbocycles. The highest BCUT2D eigenvalue weighted by atomic mass is 32.1. The summed E-state index contributed by atoms with van der Waals surface area (Å²) in [5.74, 6) is 0. The lowest BCUT2D eigenvalue weighted by Crippen LogP contribution is -2.15. The molecule has 0 unspecified atom stereocenters. The number of fused-ring (bicyclic) bond motifs is 21. The predicted octanol–water partition coefficient (Wildman–Crippen LogP) is 18.0. The van der Waals surface area contributed by atoms with Crippen molar-refractivity contribution in [3.8, 4) is 27.9 Å². The van der Waals surface area contributed by atoms with E-state index in [1.165, 1.54) is 146 Å². The first-order valence-electron chi connectivity index (χ1n) is 22.7. The Morgan fingerprint density at radius 2 is 0.738 bits per heavy atom. The van der Waals surface area contributed by atoms with Crippen LogP contribution < -0.4 is 0 Å². The van der Waals surface area contributed by atoms with E-state index in [2.05, 4.69) is 219 Å². The first-order valence-corrected chi connectivity index (χ1v) is 23.6. The molecule has 0 spiro atoms. The van der Waals surface area contributed by atoms with Gasteiger partial charge in [-0.05, 0) is 171 Å². The zero-order valence-electron chi connectivity index (χ0n) is 35.9. The molecule has 0 atom stereocenters. The summed E-state index contributed by atoms with van der Waals surface area (Å²) >= 11 is 1.87. The van der Waals surface area contributed by atoms with Gasteiger partial charge in [-0.2, -0.15) is 0 Å². The van der Waals surface area contributed by atoms with Crippen molar-refractivity contribution < 1.29 is 0 Å². The third-order valence-corrected chi connectivity index (χ3v) is 16.3. The molecule has 12 aromatic carbocycles. The van der Waals surface area contributed by atoms with Crippen LogP contribution >= 0.6 is 11.3 Å². The van der Waals surface area contributed by atoms with Crippen molar-refractivity contribution in [2.45, 2.75) is 19.3 Å². The van der Waals surface area contributed by atoms with Gasteiger partial charge in [-0.15, -0.1) is 11.3 Å². The molecule has 2 heterocycles. The highest BCUT2D eigenvalue weighted by Crippen LogP contribution is 2.54. The van der Waals surface area contributed by atoms with Gasteiger partial charge >= 0.3 is 0 Å². The average Bonchev–Trinajstić information content (AvgIpc) is 3.97. The summed E-state index contributed by atoms with van der Waals surface area (Å²) in [6.45, 7) is 4.85. The number of benzene rings is 12. The Morgan fingerprint density at radius 1 is 0.308 bits per heavy atom. The summed E-state index contributed by atoms with van der Waals surface area (Å²) in [6, 6.07) is 75.9. The molecule has 0 aliphatic heterocycles. The van der Waals surface area contributed by atoms with Crippen LogP contribution in [-0.2, 0) is 5.41 Å². The van der Waals surface area contributed by atoms with Crippen LogP contribution in [0.5, 0.6) is 0 Å². The molecular weight excluding hydrogens is 803 g/mol. The molecule has 0 fully saturated rings. The molecular formula is C63H39NS. The molecule has 1 nitrogen and oxygen atoms in total. The summed E-state index contributed by atoms with van der Waals surface area (Å²) in [5.41, 5.74) is 11.4. The van der Waals surface area contributed by atoms with Gasteiger partial charge in [0.1, 0.15) is 0 Å². The van der Waals surface area contributed by atoms with E-state index in [1.54, 1.807) is 0 Å². The second kappa shape index (κ2) is 12.7. The van der Waals surface area contributed by atoms with Crippen LogP contribution in [0.3, 0.4) is 0 Å². The van der Waals surface area contributed by atoms with Crippen molar-refractivity contribution in [1.82, 2.24) is 4.57 Å². The summed E-state index contributed by atoms with van der Waals surface area (Å²) < 4.78 is 5.14. The summed E-state index contributed by atoms with van der Waals surface area (Å²) in [4.78, 5) is 0. The Bertz CT molecular complexity index is 4440. The number of para-hydroxylation sites is 1. The quantitative estimate of drug-likeness (QED) is 0.153. The van der Waals surface area contributed by atoms with Crippen molar-refractivity contribution in [3.63, 3.8) is 0 Å². The lowest BCUT2D eigenvalue weighted by molar-refractivity contribution is 0.662. The molecule has 0 bridgehead atoms. The van der Waals surface area contributed by atoms with E-state index >= 15 is 0 Å². The second-order valence-electron chi connectivity index (χ2n) is 18.8. The largest absolute Gasteiger partial charge is 0.309 e. The van der Waals surface area contributed by atoms with Crippen LogP contribution in [0.1, 0.15) is 25.0 Å². The SMILES string of the molecule is CC1(C)c2cc3c4ccccc4c4ccccc4c3cc2-c2cc3c4ccccc4c4cc(-n5c6ccccc6c6cc(-c7ccc8sc9ccccc9c8c7)ccc65)ccc4c3cc21. The number of rotatable bonds is 2. The van der Waals surface area contributed by atoms with Crippen LogP contribution in [0, 0.1) is 0 Å². The lowest BCUT2D eigenvalue weighted by atomic mass is 9.80. The number of thiophene rings is 1. The Kier molecular flexibility index (Phi) is 6.96. The molecule has 0 N–H and O–H groups in total. The summed E-state index contributed by atoms with van der Waals surface area (Å²) in [6.07, 6.45) is 0. The minimum atomic E-state index is -0.178. The average molecular weight is 842 g/mol. The van der Waals surface area contributed by atoms with E-state index in [1.807, 2.05) is 11.3 Å². The molecule has 0 radical (unpaired) electrons. The number of hydrogen-bond acceptors (Lipinski definition) is 1. The van der Waals surface area contributed by atoms with Crippen molar-refractivity contribution in [2.24, 2.45) is 0 Å². The number of aromatic nitrogens is 1. The van der Waals surface area contributed by atoms with Crippen LogP contribution in [0.4, 0.5) is 0 Å². The van der Waals surface area contributed by atoms with Gasteiger partial charge in [0.2, 0.25) is 0 Å². The van der Waals surface area contributed by atoms with Crippen LogP contribution in [0.25, 0.3) is 135 Å². The normalized spacial score (nSPS) is 13.5. The van der Waals surface area contributed by atoms with Crippen LogP contribution in [0.2, 0.25) is 0 Å². The van der Waals surface area contributed by atoms with Gasteiger partial charge in [0.15, 0.2) is 0 Å². The third-order valence-electron chi connectivity index (χ3n) is 15.1. The standard InChI is InChI=1S/C63H39NS/c1-63(2)57-34-51-42-16-6-4-14-40(42)39-13-3-5-15-41(39)49(51)32-53(57)54-33-50-44-18-8-7-17-43(44)48-31-38(25-26-45(48)52(50)35-58(54)63)64-59-21-11-9-19-46(59)55-29-36(23-27-60(55)64)37-24-28-62-56(30-37)47-20-10-12-22-61(47)65-62/h3-35H,1-2H3. The first-order chi connectivity index (χ1) is 32.0. The van der Waals surface area contributed by atoms with E-state index < -0.39 is 0 Å². The van der Waals surface area contributed by atoms with Crippen molar-refractivity contribution in [3.05, 3.63) is 211 Å². The van der Waals surface area contributed by atoms with Gasteiger partial charge in [-0.3, -0.25) is 0 Å². The highest BCUT2D eigenvalue weighted by Gasteiger charge is 2.37. The van der Waals surface area contributed by atoms with Crippen LogP contribution in [-0.4, -0.2) is 4.57 Å². The monoisotopic (exact) mass is 841 g/mol. The molecule has 0 saturated heterocycles. The minimum absolute atomic E-state index is 0.178. The molecule has 14 aromatic rings. The summed E-state index contributed by atoms with van der Waals surface area (Å²) in [5, 5.41) is 20.9. The fraction of sp³-hybridized carbons (Fsp3) is 0.0476. The predicted molar refractivity (Wildman–Crippen MR) is 282 cm³/mol. The Balaban J connectivity index is 0.933. The lowest BCUT2D eigenvalue weighted by Gasteiger charge is -2.23. The fourth-order valence-corrected chi connectivity index (χ4v) is 13.1. The fourth-order valence-electron chi connectivity index (χ4n) is 12.0. The highest BCUT2D eigenvalue weighted by molar-refractivity contribution is 7.25. The maximum Gasteiger partial charge on any atom is 0.0541 e. The van der Waals surface area contributed by atoms with Gasteiger partial charge < -0.3 is 4.57 Å². The molecule has 2 aromatic heterocycles.